The lowest BCUT2D eigenvalue weighted by atomic mass is 10.1. The van der Waals surface area contributed by atoms with Crippen molar-refractivity contribution in [1.29, 1.82) is 0 Å². The molecule has 22 heavy (non-hydrogen) atoms. The van der Waals surface area contributed by atoms with E-state index < -0.39 is 12.1 Å². The van der Waals surface area contributed by atoms with Crippen molar-refractivity contribution in [3.63, 3.8) is 0 Å². The van der Waals surface area contributed by atoms with Crippen molar-refractivity contribution >= 4 is 0 Å². The highest BCUT2D eigenvalue weighted by molar-refractivity contribution is 4.73. The molecule has 0 bridgehead atoms. The van der Waals surface area contributed by atoms with Crippen LogP contribution in [0.25, 0.3) is 0 Å². The molecule has 2 N–H and O–H groups in total. The van der Waals surface area contributed by atoms with Gasteiger partial charge in [0.2, 0.25) is 0 Å². The summed E-state index contributed by atoms with van der Waals surface area (Å²) in [6, 6.07) is 0. The predicted molar refractivity (Wildman–Crippen MR) is 87.6 cm³/mol. The van der Waals surface area contributed by atoms with Crippen LogP contribution >= 0.6 is 0 Å². The van der Waals surface area contributed by atoms with Crippen molar-refractivity contribution in [1.82, 2.24) is 0 Å². The van der Waals surface area contributed by atoms with Gasteiger partial charge in [-0.05, 0) is 54.4 Å². The van der Waals surface area contributed by atoms with E-state index in [1.54, 1.807) is 0 Å². The lowest BCUT2D eigenvalue weighted by Gasteiger charge is -2.38. The number of rotatable bonds is 13. The van der Waals surface area contributed by atoms with E-state index in [1.165, 1.54) is 0 Å². The minimum Gasteiger partial charge on any atom is -0.396 e. The van der Waals surface area contributed by atoms with Crippen molar-refractivity contribution in [2.75, 3.05) is 6.61 Å². The third-order valence-electron chi connectivity index (χ3n) is 3.03. The number of hydrogen-bond acceptors (Lipinski definition) is 5. The van der Waals surface area contributed by atoms with Crippen LogP contribution in [0.5, 0.6) is 0 Å². The summed E-state index contributed by atoms with van der Waals surface area (Å²) in [5.41, 5.74) is 0. The first kappa shape index (κ1) is 21.8. The van der Waals surface area contributed by atoms with Crippen LogP contribution < -0.4 is 0 Å². The Morgan fingerprint density at radius 3 is 1.68 bits per heavy atom. The van der Waals surface area contributed by atoms with Gasteiger partial charge in [0.05, 0.1) is 18.3 Å². The summed E-state index contributed by atoms with van der Waals surface area (Å²) in [5, 5.41) is 19.7. The zero-order valence-corrected chi connectivity index (χ0v) is 15.2. The monoisotopic (exact) mass is 320 g/mol. The molecule has 0 aromatic rings. The molecule has 0 radical (unpaired) electrons. The van der Waals surface area contributed by atoms with Crippen molar-refractivity contribution < 1.29 is 24.4 Å². The maximum absolute atomic E-state index is 10.9. The molecule has 5 nitrogen and oxygen atoms in total. The van der Waals surface area contributed by atoms with Gasteiger partial charge in [-0.2, -0.15) is 0 Å². The first-order valence-corrected chi connectivity index (χ1v) is 8.55. The van der Waals surface area contributed by atoms with Gasteiger partial charge in [0.15, 0.2) is 0 Å². The molecule has 1 unspecified atom stereocenters. The molecule has 134 valence electrons. The average molecular weight is 320 g/mol. The Morgan fingerprint density at radius 1 is 0.773 bits per heavy atom. The fourth-order valence-electron chi connectivity index (χ4n) is 2.32. The van der Waals surface area contributed by atoms with Crippen LogP contribution in [0.4, 0.5) is 0 Å². The molecule has 1 atom stereocenters. The van der Waals surface area contributed by atoms with Crippen LogP contribution in [0.15, 0.2) is 0 Å². The fourth-order valence-corrected chi connectivity index (χ4v) is 2.32. The SMILES string of the molecule is CC(C)OC(CCCCCCO)C(O)(OC(C)C)OC(C)C. The lowest BCUT2D eigenvalue weighted by Crippen LogP contribution is -2.52. The summed E-state index contributed by atoms with van der Waals surface area (Å²) in [6.45, 7) is 11.5. The minimum absolute atomic E-state index is 0.0273. The summed E-state index contributed by atoms with van der Waals surface area (Å²) >= 11 is 0. The van der Waals surface area contributed by atoms with Crippen molar-refractivity contribution in [2.24, 2.45) is 0 Å². The van der Waals surface area contributed by atoms with Crippen molar-refractivity contribution in [3.05, 3.63) is 0 Å². The highest BCUT2D eigenvalue weighted by Gasteiger charge is 2.42. The van der Waals surface area contributed by atoms with Crippen LogP contribution in [0, 0.1) is 0 Å². The Morgan fingerprint density at radius 2 is 1.27 bits per heavy atom. The van der Waals surface area contributed by atoms with E-state index in [0.717, 1.165) is 25.7 Å². The molecule has 0 fully saturated rings. The topological polar surface area (TPSA) is 68.2 Å². The molecule has 0 aliphatic heterocycles. The second-order valence-electron chi connectivity index (χ2n) is 6.56. The molecule has 0 saturated heterocycles. The molecule has 0 spiro atoms. The van der Waals surface area contributed by atoms with Crippen molar-refractivity contribution in [2.45, 2.75) is 104 Å². The number of hydrogen-bond donors (Lipinski definition) is 2. The normalized spacial score (nSPS) is 14.3. The zero-order chi connectivity index (χ0) is 17.2. The smallest absolute Gasteiger partial charge is 0.308 e. The Kier molecular flexibility index (Phi) is 11.3. The quantitative estimate of drug-likeness (QED) is 0.403. The highest BCUT2D eigenvalue weighted by Crippen LogP contribution is 2.27. The fraction of sp³-hybridized carbons (Fsp3) is 1.00. The third kappa shape index (κ3) is 9.74. The van der Waals surface area contributed by atoms with Gasteiger partial charge in [0, 0.05) is 6.61 Å². The van der Waals surface area contributed by atoms with Gasteiger partial charge < -0.3 is 24.4 Å². The molecule has 0 heterocycles. The number of ether oxygens (including phenoxy) is 3. The summed E-state index contributed by atoms with van der Waals surface area (Å²) in [7, 11) is 0. The van der Waals surface area contributed by atoms with Crippen LogP contribution in [0.3, 0.4) is 0 Å². The molecule has 0 aliphatic carbocycles. The average Bonchev–Trinajstić information content (AvgIpc) is 2.34. The second-order valence-corrected chi connectivity index (χ2v) is 6.56. The van der Waals surface area contributed by atoms with Crippen LogP contribution in [-0.4, -0.2) is 47.2 Å². The van der Waals surface area contributed by atoms with Crippen molar-refractivity contribution in [3.8, 4) is 0 Å². The van der Waals surface area contributed by atoms with Gasteiger partial charge >= 0.3 is 5.97 Å². The van der Waals surface area contributed by atoms with Gasteiger partial charge in [-0.25, -0.2) is 0 Å². The van der Waals surface area contributed by atoms with E-state index in [4.69, 9.17) is 19.3 Å². The summed E-state index contributed by atoms with van der Waals surface area (Å²) < 4.78 is 17.2. The van der Waals surface area contributed by atoms with Gasteiger partial charge in [0.1, 0.15) is 6.10 Å². The predicted octanol–water partition coefficient (Wildman–Crippen LogP) is 3.22. The standard InChI is InChI=1S/C17H36O5/c1-13(2)20-16(11-9-7-8-10-12-18)17(19,21-14(3)4)22-15(5)6/h13-16,18-19H,7-12H2,1-6H3. The van der Waals surface area contributed by atoms with E-state index in [1.807, 2.05) is 41.5 Å². The molecule has 5 heteroatoms. The van der Waals surface area contributed by atoms with E-state index in [0.29, 0.717) is 6.42 Å². The molecule has 0 saturated carbocycles. The maximum Gasteiger partial charge on any atom is 0.308 e. The zero-order valence-electron chi connectivity index (χ0n) is 15.2. The largest absolute Gasteiger partial charge is 0.396 e. The summed E-state index contributed by atoms with van der Waals surface area (Å²) in [4.78, 5) is 0. The summed E-state index contributed by atoms with van der Waals surface area (Å²) in [5.74, 6) is -1.73. The van der Waals surface area contributed by atoms with E-state index in [9.17, 15) is 5.11 Å². The molecular weight excluding hydrogens is 284 g/mol. The van der Waals surface area contributed by atoms with E-state index in [-0.39, 0.29) is 24.9 Å². The van der Waals surface area contributed by atoms with Crippen LogP contribution in [0.2, 0.25) is 0 Å². The van der Waals surface area contributed by atoms with Gasteiger partial charge in [0.25, 0.3) is 0 Å². The molecule has 0 rings (SSSR count). The number of unbranched alkanes of at least 4 members (excludes halogenated alkanes) is 3. The van der Waals surface area contributed by atoms with E-state index >= 15 is 0 Å². The molecule has 0 aromatic heterocycles. The van der Waals surface area contributed by atoms with Crippen LogP contribution in [-0.2, 0) is 14.2 Å². The third-order valence-corrected chi connectivity index (χ3v) is 3.03. The highest BCUT2D eigenvalue weighted by atomic mass is 16.8. The van der Waals surface area contributed by atoms with E-state index in [2.05, 4.69) is 0 Å². The Hall–Kier alpha value is -0.200. The lowest BCUT2D eigenvalue weighted by molar-refractivity contribution is -0.422. The minimum atomic E-state index is -1.73. The Bertz CT molecular complexity index is 256. The molecule has 0 aromatic carbocycles. The number of aliphatic hydroxyl groups is 2. The van der Waals surface area contributed by atoms with Gasteiger partial charge in [-0.3, -0.25) is 0 Å². The Labute approximate surface area is 136 Å². The Balaban J connectivity index is 4.80. The number of aliphatic hydroxyl groups excluding tert-OH is 1. The van der Waals surface area contributed by atoms with Gasteiger partial charge in [-0.1, -0.05) is 19.3 Å². The molecular formula is C17H36O5. The second kappa shape index (κ2) is 11.4. The first-order chi connectivity index (χ1) is 10.2. The van der Waals surface area contributed by atoms with Gasteiger partial charge in [-0.15, -0.1) is 0 Å². The first-order valence-electron chi connectivity index (χ1n) is 8.55. The molecule has 0 aliphatic rings. The molecule has 0 amide bonds. The summed E-state index contributed by atoms with van der Waals surface area (Å²) in [6.07, 6.45) is 3.41. The van der Waals surface area contributed by atoms with Crippen LogP contribution in [0.1, 0.15) is 73.6 Å². The maximum atomic E-state index is 10.9.